The number of aromatic nitrogens is 4. The highest BCUT2D eigenvalue weighted by Gasteiger charge is 2.14. The summed E-state index contributed by atoms with van der Waals surface area (Å²) in [4.78, 5) is 27.8. The first-order chi connectivity index (χ1) is 21.0. The van der Waals surface area contributed by atoms with Crippen LogP contribution in [0, 0.1) is 0 Å². The summed E-state index contributed by atoms with van der Waals surface area (Å²) < 4.78 is 10.1. The van der Waals surface area contributed by atoms with Crippen molar-refractivity contribution in [1.82, 2.24) is 19.2 Å². The predicted octanol–water partition coefficient (Wildman–Crippen LogP) is 5.98. The van der Waals surface area contributed by atoms with E-state index in [1.54, 1.807) is 4.40 Å². The number of nitrogens with zero attached hydrogens (tertiary/aromatic N) is 4. The Kier molecular flexibility index (Phi) is 7.80. The van der Waals surface area contributed by atoms with Gasteiger partial charge >= 0.3 is 0 Å². The third-order valence-electron chi connectivity index (χ3n) is 6.57. The lowest BCUT2D eigenvalue weighted by Crippen LogP contribution is -2.22. The molecule has 0 unspecified atom stereocenters. The molecule has 0 bridgehead atoms. The van der Waals surface area contributed by atoms with E-state index in [2.05, 4.69) is 4.98 Å². The smallest absolute Gasteiger partial charge is 0.300 e. The first-order valence-corrected chi connectivity index (χ1v) is 14.3. The fourth-order valence-electron chi connectivity index (χ4n) is 4.63. The van der Waals surface area contributed by atoms with Crippen LogP contribution in [0.1, 0.15) is 18.1 Å². The van der Waals surface area contributed by atoms with E-state index in [1.165, 1.54) is 11.3 Å². The van der Waals surface area contributed by atoms with Crippen LogP contribution < -0.4 is 14.8 Å². The highest BCUT2D eigenvalue weighted by atomic mass is 32.1. The number of fused-ring (bicyclic) bond motifs is 3. The fourth-order valence-corrected chi connectivity index (χ4v) is 5.61. The van der Waals surface area contributed by atoms with Crippen molar-refractivity contribution in [2.75, 3.05) is 0 Å². The number of thiazole rings is 1. The number of carbonyl (C=O) groups is 1. The van der Waals surface area contributed by atoms with Gasteiger partial charge in [0.25, 0.3) is 11.5 Å². The van der Waals surface area contributed by atoms with Gasteiger partial charge in [0.05, 0.1) is 21.3 Å². The molecule has 0 fully saturated rings. The van der Waals surface area contributed by atoms with Crippen molar-refractivity contribution in [3.63, 3.8) is 0 Å². The number of carboxylic acids is 1. The van der Waals surface area contributed by atoms with Gasteiger partial charge in [-0.1, -0.05) is 72.0 Å². The van der Waals surface area contributed by atoms with E-state index in [1.807, 2.05) is 126 Å². The van der Waals surface area contributed by atoms with Gasteiger partial charge < -0.3 is 9.84 Å². The van der Waals surface area contributed by atoms with Crippen molar-refractivity contribution in [2.24, 2.45) is 0 Å². The molecule has 9 heteroatoms. The number of hydrogen-bond acceptors (Lipinski definition) is 6. The Balaban J connectivity index is 0.000000777. The average Bonchev–Trinajstić information content (AvgIpc) is 3.70. The summed E-state index contributed by atoms with van der Waals surface area (Å²) in [6.07, 6.45) is 3.88. The van der Waals surface area contributed by atoms with Crippen molar-refractivity contribution >= 4 is 39.4 Å². The molecule has 3 heterocycles. The Morgan fingerprint density at radius 2 is 1.56 bits per heavy atom. The third-order valence-corrected chi connectivity index (χ3v) is 7.54. The standard InChI is InChI=1S/C32H22N4O2S.C2H4O2/c37-31-29(39-32-33-27-13-7-8-14-28(27)36(31)32)19-24-20-35(25-11-5-2-6-12-25)34-30(24)23-15-17-26(18-16-23)38-21-22-9-3-1-4-10-22;1-2(3)4/h1-20H,21H2;1H3,(H,3,4)/b29-19-;. The molecule has 8 nitrogen and oxygen atoms in total. The number of ether oxygens (including phenoxy) is 1. The maximum atomic E-state index is 13.4. The Morgan fingerprint density at radius 3 is 2.28 bits per heavy atom. The van der Waals surface area contributed by atoms with E-state index in [4.69, 9.17) is 19.7 Å². The molecule has 0 radical (unpaired) electrons. The molecular formula is C34H26N4O4S. The number of para-hydroxylation sites is 3. The van der Waals surface area contributed by atoms with Crippen molar-refractivity contribution in [3.05, 3.63) is 141 Å². The molecule has 0 aliphatic carbocycles. The molecule has 0 amide bonds. The average molecular weight is 587 g/mol. The first-order valence-electron chi connectivity index (χ1n) is 13.5. The topological polar surface area (TPSA) is 98.7 Å². The van der Waals surface area contributed by atoms with E-state index < -0.39 is 5.97 Å². The van der Waals surface area contributed by atoms with Crippen LogP contribution in [0.4, 0.5) is 0 Å². The number of rotatable bonds is 6. The molecule has 7 rings (SSSR count). The van der Waals surface area contributed by atoms with Crippen LogP contribution in [0.25, 0.3) is 39.0 Å². The molecule has 4 aromatic carbocycles. The van der Waals surface area contributed by atoms with Gasteiger partial charge in [-0.05, 0) is 60.2 Å². The predicted molar refractivity (Wildman–Crippen MR) is 169 cm³/mol. The van der Waals surface area contributed by atoms with Gasteiger partial charge in [0.15, 0.2) is 4.96 Å². The summed E-state index contributed by atoms with van der Waals surface area (Å²) in [6.45, 7) is 1.59. The Bertz CT molecular complexity index is 2130. The molecule has 0 aliphatic heterocycles. The van der Waals surface area contributed by atoms with Gasteiger partial charge in [-0.25, -0.2) is 14.1 Å². The number of aliphatic carboxylic acids is 1. The Hall–Kier alpha value is -5.54. The first kappa shape index (κ1) is 27.6. The molecule has 0 saturated carbocycles. The van der Waals surface area contributed by atoms with Crippen LogP contribution >= 0.6 is 11.3 Å². The minimum absolute atomic E-state index is 0.0771. The molecule has 0 aliphatic rings. The third kappa shape index (κ3) is 6.07. The number of carboxylic acid groups (broad SMARTS) is 1. The maximum Gasteiger partial charge on any atom is 0.300 e. The van der Waals surface area contributed by atoms with Gasteiger partial charge in [0.2, 0.25) is 0 Å². The van der Waals surface area contributed by atoms with Crippen molar-refractivity contribution in [2.45, 2.75) is 13.5 Å². The zero-order chi connectivity index (χ0) is 29.8. The number of hydrogen-bond donors (Lipinski definition) is 1. The monoisotopic (exact) mass is 586 g/mol. The van der Waals surface area contributed by atoms with Gasteiger partial charge in [0.1, 0.15) is 18.1 Å². The van der Waals surface area contributed by atoms with E-state index in [9.17, 15) is 4.79 Å². The highest BCUT2D eigenvalue weighted by Crippen LogP contribution is 2.27. The second kappa shape index (κ2) is 12.1. The van der Waals surface area contributed by atoms with Gasteiger partial charge in [-0.2, -0.15) is 5.10 Å². The molecule has 43 heavy (non-hydrogen) atoms. The van der Waals surface area contributed by atoms with Crippen LogP contribution in [0.3, 0.4) is 0 Å². The summed E-state index contributed by atoms with van der Waals surface area (Å²) in [7, 11) is 0. The van der Waals surface area contributed by atoms with Crippen molar-refractivity contribution in [3.8, 4) is 22.7 Å². The van der Waals surface area contributed by atoms with Crippen LogP contribution in [-0.2, 0) is 11.4 Å². The number of benzene rings is 4. The Morgan fingerprint density at radius 1 is 0.907 bits per heavy atom. The van der Waals surface area contributed by atoms with Crippen LogP contribution in [0.2, 0.25) is 0 Å². The van der Waals surface area contributed by atoms with E-state index in [0.717, 1.165) is 51.8 Å². The second-order valence-electron chi connectivity index (χ2n) is 9.67. The quantitative estimate of drug-likeness (QED) is 0.258. The Labute approximate surface area is 250 Å². The minimum atomic E-state index is -0.833. The van der Waals surface area contributed by atoms with Crippen molar-refractivity contribution < 1.29 is 14.6 Å². The van der Waals surface area contributed by atoms with Gasteiger partial charge in [-0.3, -0.25) is 9.59 Å². The van der Waals surface area contributed by atoms with Crippen LogP contribution in [-0.4, -0.2) is 30.2 Å². The van der Waals surface area contributed by atoms with Crippen LogP contribution in [0.5, 0.6) is 5.75 Å². The highest BCUT2D eigenvalue weighted by molar-refractivity contribution is 7.15. The minimum Gasteiger partial charge on any atom is -0.489 e. The molecule has 3 aromatic heterocycles. The molecule has 0 atom stereocenters. The SMILES string of the molecule is CC(=O)O.O=c1/c(=C/c2cn(-c3ccccc3)nc2-c2ccc(OCc3ccccc3)cc2)sc2nc3ccccc3n12. The van der Waals surface area contributed by atoms with Crippen LogP contribution in [0.15, 0.2) is 120 Å². The lowest BCUT2D eigenvalue weighted by Gasteiger charge is -2.07. The summed E-state index contributed by atoms with van der Waals surface area (Å²) >= 11 is 1.39. The van der Waals surface area contributed by atoms with E-state index >= 15 is 0 Å². The largest absolute Gasteiger partial charge is 0.489 e. The molecule has 0 saturated heterocycles. The maximum absolute atomic E-state index is 13.4. The van der Waals surface area contributed by atoms with Gasteiger partial charge in [-0.15, -0.1) is 0 Å². The zero-order valence-corrected chi connectivity index (χ0v) is 23.9. The molecule has 212 valence electrons. The molecule has 1 N–H and O–H groups in total. The summed E-state index contributed by atoms with van der Waals surface area (Å²) in [5.74, 6) is -0.0520. The van der Waals surface area contributed by atoms with E-state index in [0.29, 0.717) is 16.1 Å². The lowest BCUT2D eigenvalue weighted by molar-refractivity contribution is -0.134. The van der Waals surface area contributed by atoms with Gasteiger partial charge in [0, 0.05) is 24.2 Å². The zero-order valence-electron chi connectivity index (χ0n) is 23.1. The molecule has 0 spiro atoms. The molecular weight excluding hydrogens is 560 g/mol. The molecule has 7 aromatic rings. The second-order valence-corrected chi connectivity index (χ2v) is 10.7. The summed E-state index contributed by atoms with van der Waals surface area (Å²) in [6, 6.07) is 35.6. The number of imidazole rings is 1. The van der Waals surface area contributed by atoms with E-state index in [-0.39, 0.29) is 5.56 Å². The lowest BCUT2D eigenvalue weighted by atomic mass is 10.1. The normalized spacial score (nSPS) is 11.4. The summed E-state index contributed by atoms with van der Waals surface area (Å²) in [5.41, 5.74) is 6.18. The fraction of sp³-hybridized carbons (Fsp3) is 0.0588. The summed E-state index contributed by atoms with van der Waals surface area (Å²) in [5, 5.41) is 12.3. The van der Waals surface area contributed by atoms with Crippen molar-refractivity contribution in [1.29, 1.82) is 0 Å².